The van der Waals surface area contributed by atoms with Crippen LogP contribution in [0.1, 0.15) is 27.2 Å². The molecule has 0 aliphatic carbocycles. The highest BCUT2D eigenvalue weighted by Gasteiger charge is 2.17. The monoisotopic (exact) mass is 335 g/mol. The fraction of sp³-hybridized carbons (Fsp3) is 0.389. The number of alkyl halides is 1. The van der Waals surface area contributed by atoms with Gasteiger partial charge in [-0.1, -0.05) is 24.3 Å². The minimum Gasteiger partial charge on any atom is -0.493 e. The first-order chi connectivity index (χ1) is 10.9. The van der Waals surface area contributed by atoms with Gasteiger partial charge < -0.3 is 14.8 Å². The zero-order valence-electron chi connectivity index (χ0n) is 13.7. The highest BCUT2D eigenvalue weighted by molar-refractivity contribution is 6.17. The van der Waals surface area contributed by atoms with Crippen LogP contribution in [0.2, 0.25) is 0 Å². The quantitative estimate of drug-likeness (QED) is 0.634. The lowest BCUT2D eigenvalue weighted by molar-refractivity contribution is 0.191. The summed E-state index contributed by atoms with van der Waals surface area (Å²) >= 11 is 5.68. The van der Waals surface area contributed by atoms with E-state index in [1.165, 1.54) is 0 Å². The molecule has 124 valence electrons. The summed E-state index contributed by atoms with van der Waals surface area (Å²) in [6.07, 6.45) is 0.306. The standard InChI is InChI=1S/C18H22ClNO3/c1-18(2,3)20-17(21)23-16-10-9-15(22-12-6-11-19)13-7-4-5-8-14(13)16/h4-5,7-10H,6,11-12H2,1-3H3,(H,20,21). The molecule has 0 heterocycles. The first-order valence-corrected chi connectivity index (χ1v) is 8.14. The second kappa shape index (κ2) is 7.55. The smallest absolute Gasteiger partial charge is 0.413 e. The molecule has 2 aromatic carbocycles. The number of carbonyl (C=O) groups excluding carboxylic acids is 1. The normalized spacial score (nSPS) is 11.3. The molecule has 2 aromatic rings. The number of amides is 1. The Bertz CT molecular complexity index is 680. The van der Waals surface area contributed by atoms with Crippen molar-refractivity contribution in [2.45, 2.75) is 32.7 Å². The van der Waals surface area contributed by atoms with Crippen LogP contribution in [-0.4, -0.2) is 24.1 Å². The minimum atomic E-state index is -0.474. The van der Waals surface area contributed by atoms with Crippen molar-refractivity contribution in [1.82, 2.24) is 5.32 Å². The van der Waals surface area contributed by atoms with E-state index in [9.17, 15) is 4.79 Å². The molecule has 1 N–H and O–H groups in total. The molecule has 2 rings (SSSR count). The van der Waals surface area contributed by atoms with Crippen LogP contribution in [0.25, 0.3) is 10.8 Å². The summed E-state index contributed by atoms with van der Waals surface area (Å²) in [4.78, 5) is 12.0. The van der Waals surface area contributed by atoms with E-state index < -0.39 is 6.09 Å². The van der Waals surface area contributed by atoms with Gasteiger partial charge in [0, 0.05) is 22.2 Å². The van der Waals surface area contributed by atoms with E-state index in [1.807, 2.05) is 51.1 Å². The topological polar surface area (TPSA) is 47.6 Å². The van der Waals surface area contributed by atoms with E-state index in [1.54, 1.807) is 6.07 Å². The average molecular weight is 336 g/mol. The van der Waals surface area contributed by atoms with Crippen molar-refractivity contribution in [3.63, 3.8) is 0 Å². The second-order valence-corrected chi connectivity index (χ2v) is 6.64. The Kier molecular flexibility index (Phi) is 5.72. The first-order valence-electron chi connectivity index (χ1n) is 7.61. The van der Waals surface area contributed by atoms with Crippen LogP contribution in [0.3, 0.4) is 0 Å². The molecule has 0 aliphatic heterocycles. The Morgan fingerprint density at radius 1 is 1.09 bits per heavy atom. The highest BCUT2D eigenvalue weighted by atomic mass is 35.5. The lowest BCUT2D eigenvalue weighted by Crippen LogP contribution is -2.42. The summed E-state index contributed by atoms with van der Waals surface area (Å²) in [6, 6.07) is 11.2. The predicted molar refractivity (Wildman–Crippen MR) is 93.7 cm³/mol. The molecule has 1 amide bonds. The number of hydrogen-bond donors (Lipinski definition) is 1. The Hall–Kier alpha value is -1.94. The summed E-state index contributed by atoms with van der Waals surface area (Å²) in [5.74, 6) is 1.83. The summed E-state index contributed by atoms with van der Waals surface area (Å²) in [7, 11) is 0. The fourth-order valence-corrected chi connectivity index (χ4v) is 2.24. The van der Waals surface area contributed by atoms with Gasteiger partial charge >= 0.3 is 6.09 Å². The van der Waals surface area contributed by atoms with E-state index >= 15 is 0 Å². The van der Waals surface area contributed by atoms with Crippen LogP contribution in [0.4, 0.5) is 4.79 Å². The summed E-state index contributed by atoms with van der Waals surface area (Å²) in [5, 5.41) is 4.52. The van der Waals surface area contributed by atoms with Crippen LogP contribution in [0.15, 0.2) is 36.4 Å². The van der Waals surface area contributed by atoms with Gasteiger partial charge in [0.25, 0.3) is 0 Å². The lowest BCUT2D eigenvalue weighted by Gasteiger charge is -2.20. The Morgan fingerprint density at radius 2 is 1.70 bits per heavy atom. The van der Waals surface area contributed by atoms with Crippen LogP contribution in [-0.2, 0) is 0 Å². The van der Waals surface area contributed by atoms with E-state index in [0.29, 0.717) is 18.2 Å². The number of carbonyl (C=O) groups is 1. The van der Waals surface area contributed by atoms with Crippen molar-refractivity contribution in [1.29, 1.82) is 0 Å². The van der Waals surface area contributed by atoms with E-state index in [2.05, 4.69) is 5.32 Å². The third-order valence-corrected chi connectivity index (χ3v) is 3.33. The van der Waals surface area contributed by atoms with Gasteiger partial charge in [-0.25, -0.2) is 4.79 Å². The molecule has 0 saturated carbocycles. The molecule has 0 unspecified atom stereocenters. The van der Waals surface area contributed by atoms with Gasteiger partial charge in [-0.2, -0.15) is 0 Å². The third kappa shape index (κ3) is 5.03. The van der Waals surface area contributed by atoms with Gasteiger partial charge in [-0.15, -0.1) is 11.6 Å². The molecule has 5 heteroatoms. The molecule has 0 atom stereocenters. The van der Waals surface area contributed by atoms with Crippen molar-refractivity contribution in [2.24, 2.45) is 0 Å². The molecule has 0 aliphatic rings. The number of nitrogens with one attached hydrogen (secondary N) is 1. The number of rotatable bonds is 5. The van der Waals surface area contributed by atoms with Crippen molar-refractivity contribution >= 4 is 28.5 Å². The Labute approximate surface area is 141 Å². The zero-order chi connectivity index (χ0) is 16.9. The van der Waals surface area contributed by atoms with Crippen molar-refractivity contribution in [3.8, 4) is 11.5 Å². The van der Waals surface area contributed by atoms with Gasteiger partial charge in [0.05, 0.1) is 6.61 Å². The molecular weight excluding hydrogens is 314 g/mol. The molecule has 23 heavy (non-hydrogen) atoms. The average Bonchev–Trinajstić information content (AvgIpc) is 2.47. The van der Waals surface area contributed by atoms with Crippen LogP contribution in [0.5, 0.6) is 11.5 Å². The number of ether oxygens (including phenoxy) is 2. The van der Waals surface area contributed by atoms with Crippen molar-refractivity contribution in [2.75, 3.05) is 12.5 Å². The van der Waals surface area contributed by atoms with Crippen molar-refractivity contribution < 1.29 is 14.3 Å². The maximum atomic E-state index is 12.0. The van der Waals surface area contributed by atoms with Gasteiger partial charge in [0.1, 0.15) is 11.5 Å². The number of hydrogen-bond acceptors (Lipinski definition) is 3. The SMILES string of the molecule is CC(C)(C)NC(=O)Oc1ccc(OCCCCl)c2ccccc12. The maximum absolute atomic E-state index is 12.0. The fourth-order valence-electron chi connectivity index (χ4n) is 2.13. The van der Waals surface area contributed by atoms with Crippen molar-refractivity contribution in [3.05, 3.63) is 36.4 Å². The predicted octanol–water partition coefficient (Wildman–Crippen LogP) is 4.73. The van der Waals surface area contributed by atoms with Gasteiger partial charge in [-0.05, 0) is 39.3 Å². The molecule has 0 bridgehead atoms. The molecule has 0 saturated heterocycles. The summed E-state index contributed by atoms with van der Waals surface area (Å²) in [5.41, 5.74) is -0.350. The van der Waals surface area contributed by atoms with Gasteiger partial charge in [-0.3, -0.25) is 0 Å². The van der Waals surface area contributed by atoms with E-state index in [4.69, 9.17) is 21.1 Å². The molecule has 0 fully saturated rings. The van der Waals surface area contributed by atoms with E-state index in [0.717, 1.165) is 22.9 Å². The summed E-state index contributed by atoms with van der Waals surface area (Å²) in [6.45, 7) is 6.26. The minimum absolute atomic E-state index is 0.350. The number of benzene rings is 2. The Morgan fingerprint density at radius 3 is 2.30 bits per heavy atom. The first kappa shape index (κ1) is 17.4. The highest BCUT2D eigenvalue weighted by Crippen LogP contribution is 2.33. The van der Waals surface area contributed by atoms with Crippen LogP contribution >= 0.6 is 11.6 Å². The maximum Gasteiger partial charge on any atom is 0.413 e. The van der Waals surface area contributed by atoms with Crippen LogP contribution in [0, 0.1) is 0 Å². The number of fused-ring (bicyclic) bond motifs is 1. The molecule has 0 radical (unpaired) electrons. The second-order valence-electron chi connectivity index (χ2n) is 6.26. The van der Waals surface area contributed by atoms with Crippen LogP contribution < -0.4 is 14.8 Å². The molecule has 0 aromatic heterocycles. The third-order valence-electron chi connectivity index (χ3n) is 3.06. The largest absolute Gasteiger partial charge is 0.493 e. The lowest BCUT2D eigenvalue weighted by atomic mass is 10.1. The molecule has 4 nitrogen and oxygen atoms in total. The van der Waals surface area contributed by atoms with E-state index in [-0.39, 0.29) is 5.54 Å². The van der Waals surface area contributed by atoms with Gasteiger partial charge in [0.15, 0.2) is 0 Å². The van der Waals surface area contributed by atoms with Gasteiger partial charge in [0.2, 0.25) is 0 Å². The molecular formula is C18H22ClNO3. The summed E-state index contributed by atoms with van der Waals surface area (Å²) < 4.78 is 11.2. The zero-order valence-corrected chi connectivity index (χ0v) is 14.4. The molecule has 0 spiro atoms. The number of halogens is 1. The Balaban J connectivity index is 2.25.